The van der Waals surface area contributed by atoms with Gasteiger partial charge in [-0.05, 0) is 42.7 Å². The number of aromatic amines is 1. The van der Waals surface area contributed by atoms with Crippen molar-refractivity contribution in [1.29, 1.82) is 0 Å². The minimum Gasteiger partial charge on any atom is -0.408 e. The van der Waals surface area contributed by atoms with Crippen molar-refractivity contribution in [2.45, 2.75) is 19.9 Å². The minimum absolute atomic E-state index is 0.236. The van der Waals surface area contributed by atoms with Crippen molar-refractivity contribution >= 4 is 11.1 Å². The zero-order chi connectivity index (χ0) is 14.3. The van der Waals surface area contributed by atoms with Crippen LogP contribution in [0.3, 0.4) is 0 Å². The Hall–Kier alpha value is -2.33. The maximum atomic E-state index is 11.2. The standard InChI is InChI=1S/C16H16N2O2/c1-9-3-5-12(10(2)7-9)15(17)11-4-6-13-14(8-11)20-16(19)18-13/h3-8,15H,17H2,1-2H3,(H,18,19). The average Bonchev–Trinajstić information content (AvgIpc) is 2.77. The molecular weight excluding hydrogens is 252 g/mol. The van der Waals surface area contributed by atoms with E-state index in [0.29, 0.717) is 11.1 Å². The third kappa shape index (κ3) is 2.14. The second-order valence-electron chi connectivity index (χ2n) is 5.11. The van der Waals surface area contributed by atoms with Crippen molar-refractivity contribution in [2.75, 3.05) is 0 Å². The molecular formula is C16H16N2O2. The number of hydrogen-bond donors (Lipinski definition) is 2. The van der Waals surface area contributed by atoms with Crippen LogP contribution in [-0.4, -0.2) is 4.98 Å². The van der Waals surface area contributed by atoms with Gasteiger partial charge in [-0.25, -0.2) is 4.79 Å². The molecule has 2 aromatic carbocycles. The largest absolute Gasteiger partial charge is 0.417 e. The fourth-order valence-electron chi connectivity index (χ4n) is 2.51. The zero-order valence-corrected chi connectivity index (χ0v) is 11.4. The molecule has 0 bridgehead atoms. The van der Waals surface area contributed by atoms with Crippen molar-refractivity contribution in [3.8, 4) is 0 Å². The molecule has 0 aliphatic rings. The average molecular weight is 268 g/mol. The van der Waals surface area contributed by atoms with Crippen molar-refractivity contribution < 1.29 is 4.42 Å². The molecule has 102 valence electrons. The van der Waals surface area contributed by atoms with Gasteiger partial charge < -0.3 is 10.2 Å². The molecule has 1 unspecified atom stereocenters. The summed E-state index contributed by atoms with van der Waals surface area (Å²) in [5, 5.41) is 0. The Morgan fingerprint density at radius 2 is 1.95 bits per heavy atom. The van der Waals surface area contributed by atoms with Crippen molar-refractivity contribution in [1.82, 2.24) is 4.98 Å². The Bertz CT molecular complexity index is 830. The van der Waals surface area contributed by atoms with E-state index in [1.165, 1.54) is 5.56 Å². The summed E-state index contributed by atoms with van der Waals surface area (Å²) in [5.41, 5.74) is 11.9. The Balaban J connectivity index is 2.06. The van der Waals surface area contributed by atoms with Crippen LogP contribution in [0, 0.1) is 13.8 Å². The molecule has 1 aromatic heterocycles. The van der Waals surface area contributed by atoms with Gasteiger partial charge in [0.05, 0.1) is 11.6 Å². The summed E-state index contributed by atoms with van der Waals surface area (Å²) in [6.07, 6.45) is 0. The first-order valence-corrected chi connectivity index (χ1v) is 6.50. The fraction of sp³-hybridized carbons (Fsp3) is 0.188. The van der Waals surface area contributed by atoms with E-state index in [1.54, 1.807) is 0 Å². The first-order valence-electron chi connectivity index (χ1n) is 6.50. The Morgan fingerprint density at radius 3 is 2.70 bits per heavy atom. The molecule has 0 fully saturated rings. The molecule has 0 saturated heterocycles. The van der Waals surface area contributed by atoms with Gasteiger partial charge in [0.1, 0.15) is 0 Å². The second kappa shape index (κ2) is 4.65. The molecule has 4 heteroatoms. The molecule has 20 heavy (non-hydrogen) atoms. The summed E-state index contributed by atoms with van der Waals surface area (Å²) < 4.78 is 5.08. The number of aromatic nitrogens is 1. The van der Waals surface area contributed by atoms with Crippen LogP contribution in [0.25, 0.3) is 11.1 Å². The van der Waals surface area contributed by atoms with Crippen molar-refractivity contribution in [2.24, 2.45) is 5.73 Å². The van der Waals surface area contributed by atoms with Crippen LogP contribution in [0.15, 0.2) is 45.6 Å². The number of nitrogens with one attached hydrogen (secondary N) is 1. The van der Waals surface area contributed by atoms with Gasteiger partial charge in [0, 0.05) is 0 Å². The summed E-state index contributed by atoms with van der Waals surface area (Å²) in [6.45, 7) is 4.11. The lowest BCUT2D eigenvalue weighted by Gasteiger charge is -2.15. The van der Waals surface area contributed by atoms with Gasteiger partial charge in [-0.15, -0.1) is 0 Å². The predicted octanol–water partition coefficient (Wildman–Crippen LogP) is 2.79. The number of nitrogens with two attached hydrogens (primary N) is 1. The van der Waals surface area contributed by atoms with Crippen LogP contribution in [0.1, 0.15) is 28.3 Å². The number of oxazole rings is 1. The molecule has 0 radical (unpaired) electrons. The molecule has 3 aromatic rings. The van der Waals surface area contributed by atoms with Crippen LogP contribution >= 0.6 is 0 Å². The summed E-state index contributed by atoms with van der Waals surface area (Å²) in [7, 11) is 0. The van der Waals surface area contributed by atoms with E-state index in [4.69, 9.17) is 10.2 Å². The van der Waals surface area contributed by atoms with Gasteiger partial charge in [0.15, 0.2) is 5.58 Å². The molecule has 1 atom stereocenters. The van der Waals surface area contributed by atoms with E-state index in [1.807, 2.05) is 24.3 Å². The monoisotopic (exact) mass is 268 g/mol. The summed E-state index contributed by atoms with van der Waals surface area (Å²) in [6, 6.07) is 11.5. The van der Waals surface area contributed by atoms with Gasteiger partial charge in [0.25, 0.3) is 0 Å². The summed E-state index contributed by atoms with van der Waals surface area (Å²) in [5.74, 6) is -0.447. The molecule has 0 aliphatic carbocycles. The van der Waals surface area contributed by atoms with Gasteiger partial charge in [-0.1, -0.05) is 29.8 Å². The molecule has 0 spiro atoms. The highest BCUT2D eigenvalue weighted by Crippen LogP contribution is 2.25. The van der Waals surface area contributed by atoms with Gasteiger partial charge in [0.2, 0.25) is 0 Å². The van der Waals surface area contributed by atoms with E-state index < -0.39 is 5.76 Å². The fourth-order valence-corrected chi connectivity index (χ4v) is 2.51. The highest BCUT2D eigenvalue weighted by atomic mass is 16.4. The predicted molar refractivity (Wildman–Crippen MR) is 78.8 cm³/mol. The van der Waals surface area contributed by atoms with Crippen LogP contribution in [0.2, 0.25) is 0 Å². The van der Waals surface area contributed by atoms with Crippen LogP contribution < -0.4 is 11.5 Å². The highest BCUT2D eigenvalue weighted by molar-refractivity contribution is 5.73. The lowest BCUT2D eigenvalue weighted by atomic mass is 9.94. The number of benzene rings is 2. The third-order valence-electron chi connectivity index (χ3n) is 3.56. The number of aryl methyl sites for hydroxylation is 2. The summed E-state index contributed by atoms with van der Waals surface area (Å²) in [4.78, 5) is 13.8. The van der Waals surface area contributed by atoms with Crippen molar-refractivity contribution in [3.63, 3.8) is 0 Å². The smallest absolute Gasteiger partial charge is 0.408 e. The van der Waals surface area contributed by atoms with Crippen molar-refractivity contribution in [3.05, 3.63) is 69.2 Å². The molecule has 3 N–H and O–H groups in total. The van der Waals surface area contributed by atoms with E-state index in [9.17, 15) is 4.79 Å². The van der Waals surface area contributed by atoms with Crippen LogP contribution in [-0.2, 0) is 0 Å². The number of hydrogen-bond acceptors (Lipinski definition) is 3. The van der Waals surface area contributed by atoms with E-state index in [2.05, 4.69) is 31.0 Å². The van der Waals surface area contributed by atoms with Gasteiger partial charge >= 0.3 is 5.76 Å². The van der Waals surface area contributed by atoms with E-state index >= 15 is 0 Å². The highest BCUT2D eigenvalue weighted by Gasteiger charge is 2.13. The number of fused-ring (bicyclic) bond motifs is 1. The Kier molecular flexibility index (Phi) is 2.95. The van der Waals surface area contributed by atoms with Gasteiger partial charge in [-0.2, -0.15) is 0 Å². The molecule has 3 rings (SSSR count). The maximum absolute atomic E-state index is 11.2. The molecule has 0 saturated carbocycles. The SMILES string of the molecule is Cc1ccc(C(N)c2ccc3[nH]c(=O)oc3c2)c(C)c1. The second-order valence-corrected chi connectivity index (χ2v) is 5.11. The normalized spacial score (nSPS) is 12.8. The minimum atomic E-state index is -0.447. The van der Waals surface area contributed by atoms with Crippen LogP contribution in [0.5, 0.6) is 0 Å². The Labute approximate surface area is 116 Å². The van der Waals surface area contributed by atoms with Crippen LogP contribution in [0.4, 0.5) is 0 Å². The molecule has 1 heterocycles. The first kappa shape index (κ1) is 12.7. The third-order valence-corrected chi connectivity index (χ3v) is 3.56. The number of H-pyrrole nitrogens is 1. The molecule has 0 amide bonds. The van der Waals surface area contributed by atoms with Gasteiger partial charge in [-0.3, -0.25) is 4.98 Å². The Morgan fingerprint density at radius 1 is 1.15 bits per heavy atom. The first-order chi connectivity index (χ1) is 9.54. The van der Waals surface area contributed by atoms with E-state index in [0.717, 1.165) is 16.7 Å². The summed E-state index contributed by atoms with van der Waals surface area (Å²) >= 11 is 0. The lowest BCUT2D eigenvalue weighted by molar-refractivity contribution is 0.555. The number of rotatable bonds is 2. The lowest BCUT2D eigenvalue weighted by Crippen LogP contribution is -2.13. The van der Waals surface area contributed by atoms with E-state index in [-0.39, 0.29) is 6.04 Å². The zero-order valence-electron chi connectivity index (χ0n) is 11.4. The molecule has 4 nitrogen and oxygen atoms in total. The topological polar surface area (TPSA) is 72.0 Å². The maximum Gasteiger partial charge on any atom is 0.417 e. The quantitative estimate of drug-likeness (QED) is 0.750. The molecule has 0 aliphatic heterocycles.